The van der Waals surface area contributed by atoms with Crippen molar-refractivity contribution in [2.24, 2.45) is 5.73 Å². The first kappa shape index (κ1) is 14.3. The van der Waals surface area contributed by atoms with E-state index in [1.54, 1.807) is 42.5 Å². The monoisotopic (exact) mass is 291 g/mol. The summed E-state index contributed by atoms with van der Waals surface area (Å²) in [5.74, 6) is 0.362. The number of rotatable bonds is 5. The molecule has 0 aliphatic rings. The molecule has 0 heterocycles. The molecule has 3 nitrogen and oxygen atoms in total. The van der Waals surface area contributed by atoms with Gasteiger partial charge in [-0.3, -0.25) is 0 Å². The van der Waals surface area contributed by atoms with Crippen LogP contribution in [0.3, 0.4) is 0 Å². The van der Waals surface area contributed by atoms with Crippen molar-refractivity contribution in [3.05, 3.63) is 59.4 Å². The zero-order chi connectivity index (χ0) is 14.5. The normalized spacial score (nSPS) is 10.1. The van der Waals surface area contributed by atoms with Crippen LogP contribution in [0.25, 0.3) is 0 Å². The van der Waals surface area contributed by atoms with E-state index < -0.39 is 5.82 Å². The van der Waals surface area contributed by atoms with Gasteiger partial charge >= 0.3 is 0 Å². The van der Waals surface area contributed by atoms with Crippen molar-refractivity contribution in [3.63, 3.8) is 0 Å². The van der Waals surface area contributed by atoms with Gasteiger partial charge in [0.1, 0.15) is 17.3 Å². The highest BCUT2D eigenvalue weighted by atomic mass is 32.1. The van der Waals surface area contributed by atoms with Gasteiger partial charge in [-0.1, -0.05) is 36.5 Å². The van der Waals surface area contributed by atoms with Gasteiger partial charge in [-0.05, 0) is 18.2 Å². The van der Waals surface area contributed by atoms with Crippen LogP contribution in [0.4, 0.5) is 4.39 Å². The van der Waals surface area contributed by atoms with Crippen LogP contribution in [0.5, 0.6) is 11.5 Å². The third kappa shape index (κ3) is 3.24. The summed E-state index contributed by atoms with van der Waals surface area (Å²) in [7, 11) is 1.43. The molecule has 5 heteroatoms. The van der Waals surface area contributed by atoms with Crippen LogP contribution in [-0.2, 0) is 6.61 Å². The Morgan fingerprint density at radius 1 is 1.25 bits per heavy atom. The van der Waals surface area contributed by atoms with E-state index in [4.69, 9.17) is 27.4 Å². The second kappa shape index (κ2) is 6.34. The molecule has 2 N–H and O–H groups in total. The van der Waals surface area contributed by atoms with Gasteiger partial charge in [0.05, 0.1) is 7.11 Å². The largest absolute Gasteiger partial charge is 0.494 e. The fourth-order valence-corrected chi connectivity index (χ4v) is 1.85. The molecule has 104 valence electrons. The second-order valence-corrected chi connectivity index (χ2v) is 4.55. The van der Waals surface area contributed by atoms with Gasteiger partial charge in [0, 0.05) is 11.1 Å². The van der Waals surface area contributed by atoms with Gasteiger partial charge in [-0.15, -0.1) is 0 Å². The molecule has 2 rings (SSSR count). The Labute approximate surface area is 122 Å². The van der Waals surface area contributed by atoms with E-state index in [2.05, 4.69) is 0 Å². The lowest BCUT2D eigenvalue weighted by Gasteiger charge is -2.10. The van der Waals surface area contributed by atoms with Crippen LogP contribution in [0.15, 0.2) is 42.5 Å². The fourth-order valence-electron chi connectivity index (χ4n) is 1.73. The lowest BCUT2D eigenvalue weighted by molar-refractivity contribution is 0.295. The standard InChI is InChI=1S/C15H14FNO2S/c1-18-13-7-3-5-11(14(13)16)9-19-12-6-2-4-10(8-12)15(17)20/h2-8H,9H2,1H3,(H2,17,20). The molecule has 0 aromatic heterocycles. The van der Waals surface area contributed by atoms with E-state index >= 15 is 0 Å². The molecule has 0 spiro atoms. The van der Waals surface area contributed by atoms with Crippen molar-refractivity contribution < 1.29 is 13.9 Å². The maximum Gasteiger partial charge on any atom is 0.171 e. The lowest BCUT2D eigenvalue weighted by atomic mass is 10.2. The van der Waals surface area contributed by atoms with E-state index in [1.165, 1.54) is 7.11 Å². The highest BCUT2D eigenvalue weighted by molar-refractivity contribution is 7.80. The van der Waals surface area contributed by atoms with Crippen LogP contribution in [0.2, 0.25) is 0 Å². The number of halogens is 1. The Bertz CT molecular complexity index is 631. The van der Waals surface area contributed by atoms with E-state index in [9.17, 15) is 4.39 Å². The van der Waals surface area contributed by atoms with Crippen molar-refractivity contribution in [2.45, 2.75) is 6.61 Å². The number of hydrogen-bond acceptors (Lipinski definition) is 3. The first-order valence-corrected chi connectivity index (χ1v) is 6.36. The molecule has 0 aliphatic carbocycles. The predicted octanol–water partition coefficient (Wildman–Crippen LogP) is 3.05. The molecule has 0 saturated carbocycles. The average Bonchev–Trinajstić information content (AvgIpc) is 2.46. The van der Waals surface area contributed by atoms with Crippen molar-refractivity contribution in [1.29, 1.82) is 0 Å². The first-order chi connectivity index (χ1) is 9.61. The summed E-state index contributed by atoms with van der Waals surface area (Å²) in [6.45, 7) is 0.101. The van der Waals surface area contributed by atoms with Crippen molar-refractivity contribution in [3.8, 4) is 11.5 Å². The zero-order valence-corrected chi connectivity index (χ0v) is 11.7. The van der Waals surface area contributed by atoms with Gasteiger partial charge < -0.3 is 15.2 Å². The molecule has 0 atom stereocenters. The fraction of sp³-hybridized carbons (Fsp3) is 0.133. The molecular formula is C15H14FNO2S. The molecule has 0 unspecified atom stereocenters. The zero-order valence-electron chi connectivity index (χ0n) is 10.9. The van der Waals surface area contributed by atoms with Crippen LogP contribution in [0.1, 0.15) is 11.1 Å². The van der Waals surface area contributed by atoms with Crippen LogP contribution >= 0.6 is 12.2 Å². The summed E-state index contributed by atoms with van der Waals surface area (Å²) in [5.41, 5.74) is 6.68. The van der Waals surface area contributed by atoms with Crippen LogP contribution in [0, 0.1) is 5.82 Å². The second-order valence-electron chi connectivity index (χ2n) is 4.11. The average molecular weight is 291 g/mol. The number of hydrogen-bond donors (Lipinski definition) is 1. The molecule has 0 amide bonds. The summed E-state index contributed by atoms with van der Waals surface area (Å²) in [6.07, 6.45) is 0. The molecule has 0 aliphatic heterocycles. The highest BCUT2D eigenvalue weighted by Crippen LogP contribution is 2.22. The summed E-state index contributed by atoms with van der Waals surface area (Å²) >= 11 is 4.90. The van der Waals surface area contributed by atoms with Crippen molar-refractivity contribution >= 4 is 17.2 Å². The van der Waals surface area contributed by atoms with Gasteiger partial charge in [0.15, 0.2) is 11.6 Å². The lowest BCUT2D eigenvalue weighted by Crippen LogP contribution is -2.09. The smallest absolute Gasteiger partial charge is 0.171 e. The van der Waals surface area contributed by atoms with E-state index in [0.29, 0.717) is 21.9 Å². The number of methoxy groups -OCH3 is 1. The predicted molar refractivity (Wildman–Crippen MR) is 79.6 cm³/mol. The minimum absolute atomic E-state index is 0.101. The maximum atomic E-state index is 13.9. The number of nitrogens with two attached hydrogens (primary N) is 1. The van der Waals surface area contributed by atoms with E-state index in [-0.39, 0.29) is 12.4 Å². The molecule has 0 saturated heterocycles. The van der Waals surface area contributed by atoms with E-state index in [0.717, 1.165) is 0 Å². The third-order valence-electron chi connectivity index (χ3n) is 2.78. The Morgan fingerprint density at radius 2 is 2.00 bits per heavy atom. The van der Waals surface area contributed by atoms with E-state index in [1.807, 2.05) is 0 Å². The molecule has 0 radical (unpaired) electrons. The molecule has 2 aromatic carbocycles. The first-order valence-electron chi connectivity index (χ1n) is 5.96. The minimum Gasteiger partial charge on any atom is -0.494 e. The summed E-state index contributed by atoms with van der Waals surface area (Å²) in [5, 5.41) is 0. The number of thiocarbonyl (C=S) groups is 1. The third-order valence-corrected chi connectivity index (χ3v) is 3.01. The van der Waals surface area contributed by atoms with Crippen LogP contribution < -0.4 is 15.2 Å². The van der Waals surface area contributed by atoms with Gasteiger partial charge in [-0.25, -0.2) is 4.39 Å². The molecule has 0 bridgehead atoms. The maximum absolute atomic E-state index is 13.9. The molecule has 0 fully saturated rings. The number of ether oxygens (including phenoxy) is 2. The SMILES string of the molecule is COc1cccc(COc2cccc(C(N)=S)c2)c1F. The summed E-state index contributed by atoms with van der Waals surface area (Å²) in [4.78, 5) is 0.294. The molecule has 20 heavy (non-hydrogen) atoms. The van der Waals surface area contributed by atoms with Crippen LogP contribution in [-0.4, -0.2) is 12.1 Å². The quantitative estimate of drug-likeness (QED) is 0.860. The highest BCUT2D eigenvalue weighted by Gasteiger charge is 2.09. The Balaban J connectivity index is 2.13. The summed E-state index contributed by atoms with van der Waals surface area (Å²) in [6, 6.07) is 12.0. The van der Waals surface area contributed by atoms with Gasteiger partial charge in [-0.2, -0.15) is 0 Å². The van der Waals surface area contributed by atoms with Gasteiger partial charge in [0.25, 0.3) is 0 Å². The van der Waals surface area contributed by atoms with Gasteiger partial charge in [0.2, 0.25) is 0 Å². The number of benzene rings is 2. The minimum atomic E-state index is -0.416. The van der Waals surface area contributed by atoms with Crippen molar-refractivity contribution in [1.82, 2.24) is 0 Å². The Morgan fingerprint density at radius 3 is 2.70 bits per heavy atom. The Kier molecular flexibility index (Phi) is 4.53. The van der Waals surface area contributed by atoms with Crippen molar-refractivity contribution in [2.75, 3.05) is 7.11 Å². The summed E-state index contributed by atoms with van der Waals surface area (Å²) < 4.78 is 24.4. The molecule has 2 aromatic rings. The topological polar surface area (TPSA) is 44.5 Å². The Hall–Kier alpha value is -2.14. The molecular weight excluding hydrogens is 277 g/mol.